The molecule has 1 saturated carbocycles. The normalized spacial score (nSPS) is 19.1. The maximum atomic E-state index is 13.5. The Morgan fingerprint density at radius 3 is 2.48 bits per heavy atom. The van der Waals surface area contributed by atoms with Gasteiger partial charge in [0, 0.05) is 36.8 Å². The molecular formula is C28H30N6O4S2. The lowest BCUT2D eigenvalue weighted by molar-refractivity contribution is -0.138. The highest BCUT2D eigenvalue weighted by atomic mass is 32.2. The Hall–Kier alpha value is -3.64. The number of nitrogens with one attached hydrogen (secondary N) is 1. The Labute approximate surface area is 236 Å². The van der Waals surface area contributed by atoms with Crippen molar-refractivity contribution in [3.05, 3.63) is 63.5 Å². The van der Waals surface area contributed by atoms with Crippen molar-refractivity contribution in [2.75, 3.05) is 17.8 Å². The van der Waals surface area contributed by atoms with E-state index >= 15 is 0 Å². The Kier molecular flexibility index (Phi) is 6.70. The second kappa shape index (κ2) is 10.1. The summed E-state index contributed by atoms with van der Waals surface area (Å²) in [7, 11) is -3.84. The number of hydrogen-bond donors (Lipinski definition) is 1. The standard InChI is InChI=1S/C28H30N6O4S2/c1-16-25(32-40(37,38)28-17(2)31-18(3)39-28)13-21(14-29-16)19-6-7-24-23(12-19)27(36)34(15-30-24)22-10-20(11-22)26(35)33-8-4-5-9-33/h6-7,12-15,20,22,32H,4-5,8-11H2,1-3H3/t20-,22+. The molecule has 40 heavy (non-hydrogen) atoms. The second-order valence-corrected chi connectivity index (χ2v) is 13.7. The van der Waals surface area contributed by atoms with E-state index in [0.29, 0.717) is 51.4 Å². The minimum absolute atomic E-state index is 0.0319. The number of anilines is 1. The first-order valence-corrected chi connectivity index (χ1v) is 15.6. The average molecular weight is 579 g/mol. The number of fused-ring (bicyclic) bond motifs is 1. The Morgan fingerprint density at radius 1 is 1.02 bits per heavy atom. The van der Waals surface area contributed by atoms with E-state index in [9.17, 15) is 18.0 Å². The van der Waals surface area contributed by atoms with E-state index < -0.39 is 10.0 Å². The predicted octanol–water partition coefficient (Wildman–Crippen LogP) is 4.21. The lowest BCUT2D eigenvalue weighted by atomic mass is 9.79. The number of benzene rings is 1. The quantitative estimate of drug-likeness (QED) is 0.363. The topological polar surface area (TPSA) is 127 Å². The van der Waals surface area contributed by atoms with Crippen LogP contribution in [0.3, 0.4) is 0 Å². The number of rotatable bonds is 6. The summed E-state index contributed by atoms with van der Waals surface area (Å²) < 4.78 is 30.6. The van der Waals surface area contributed by atoms with Crippen LogP contribution >= 0.6 is 11.3 Å². The minimum Gasteiger partial charge on any atom is -0.342 e. The molecule has 3 aromatic heterocycles. The van der Waals surface area contributed by atoms with Crippen LogP contribution in [0.25, 0.3) is 22.0 Å². The molecule has 0 radical (unpaired) electrons. The number of nitrogens with zero attached hydrogens (tertiary/aromatic N) is 5. The van der Waals surface area contributed by atoms with Crippen molar-refractivity contribution in [3.8, 4) is 11.1 Å². The summed E-state index contributed by atoms with van der Waals surface area (Å²) in [5.74, 6) is 0.173. The van der Waals surface area contributed by atoms with E-state index in [1.165, 1.54) is 0 Å². The summed E-state index contributed by atoms with van der Waals surface area (Å²) in [5, 5.41) is 1.14. The number of aryl methyl sites for hydroxylation is 3. The van der Waals surface area contributed by atoms with Crippen LogP contribution in [0.4, 0.5) is 5.69 Å². The molecule has 0 atom stereocenters. The van der Waals surface area contributed by atoms with Gasteiger partial charge in [-0.2, -0.15) is 0 Å². The van der Waals surface area contributed by atoms with E-state index in [4.69, 9.17) is 0 Å². The number of carbonyl (C=O) groups is 1. The third-order valence-corrected chi connectivity index (χ3v) is 10.9. The van der Waals surface area contributed by atoms with Crippen LogP contribution in [0.1, 0.15) is 48.1 Å². The molecule has 2 fully saturated rings. The van der Waals surface area contributed by atoms with Crippen LogP contribution in [0, 0.1) is 26.7 Å². The van der Waals surface area contributed by atoms with Crippen molar-refractivity contribution in [2.24, 2.45) is 5.92 Å². The van der Waals surface area contributed by atoms with Crippen LogP contribution in [0.15, 0.2) is 45.8 Å². The van der Waals surface area contributed by atoms with Crippen molar-refractivity contribution >= 4 is 43.9 Å². The maximum Gasteiger partial charge on any atom is 0.273 e. The van der Waals surface area contributed by atoms with E-state index in [1.807, 2.05) is 11.0 Å². The smallest absolute Gasteiger partial charge is 0.273 e. The number of amides is 1. The fourth-order valence-electron chi connectivity index (χ4n) is 5.54. The molecular weight excluding hydrogens is 548 g/mol. The van der Waals surface area contributed by atoms with Gasteiger partial charge in [-0.1, -0.05) is 6.07 Å². The van der Waals surface area contributed by atoms with Crippen LogP contribution in [-0.2, 0) is 14.8 Å². The zero-order valence-electron chi connectivity index (χ0n) is 22.5. The van der Waals surface area contributed by atoms with Gasteiger partial charge < -0.3 is 4.90 Å². The highest BCUT2D eigenvalue weighted by molar-refractivity contribution is 7.94. The van der Waals surface area contributed by atoms with Crippen LogP contribution in [0.5, 0.6) is 0 Å². The third-order valence-electron chi connectivity index (χ3n) is 7.83. The number of aromatic nitrogens is 4. The number of likely N-dealkylation sites (tertiary alicyclic amines) is 1. The molecule has 0 spiro atoms. The molecule has 1 amide bonds. The van der Waals surface area contributed by atoms with E-state index in [-0.39, 0.29) is 27.6 Å². The highest BCUT2D eigenvalue weighted by Gasteiger charge is 2.39. The highest BCUT2D eigenvalue weighted by Crippen LogP contribution is 2.39. The Balaban J connectivity index is 1.27. The van der Waals surface area contributed by atoms with Gasteiger partial charge in [-0.3, -0.25) is 23.9 Å². The van der Waals surface area contributed by atoms with E-state index in [0.717, 1.165) is 42.8 Å². The molecule has 0 bridgehead atoms. The predicted molar refractivity (Wildman–Crippen MR) is 154 cm³/mol. The fourth-order valence-corrected chi connectivity index (χ4v) is 8.13. The summed E-state index contributed by atoms with van der Waals surface area (Å²) in [4.78, 5) is 41.3. The van der Waals surface area contributed by atoms with Gasteiger partial charge in [-0.25, -0.2) is 18.4 Å². The molecule has 1 aliphatic carbocycles. The third kappa shape index (κ3) is 4.79. The van der Waals surface area contributed by atoms with Gasteiger partial charge in [0.05, 0.1) is 39.3 Å². The van der Waals surface area contributed by atoms with Gasteiger partial charge in [0.2, 0.25) is 5.91 Å². The van der Waals surface area contributed by atoms with Gasteiger partial charge >= 0.3 is 0 Å². The zero-order chi connectivity index (χ0) is 28.2. The number of pyridine rings is 1. The zero-order valence-corrected chi connectivity index (χ0v) is 24.2. The van der Waals surface area contributed by atoms with Crippen molar-refractivity contribution in [1.29, 1.82) is 0 Å². The molecule has 10 nitrogen and oxygen atoms in total. The first-order chi connectivity index (χ1) is 19.1. The van der Waals surface area contributed by atoms with Crippen LogP contribution < -0.4 is 10.3 Å². The van der Waals surface area contributed by atoms with Crippen LogP contribution in [-0.4, -0.2) is 51.8 Å². The van der Waals surface area contributed by atoms with Crippen molar-refractivity contribution in [2.45, 2.75) is 56.7 Å². The largest absolute Gasteiger partial charge is 0.342 e. The summed E-state index contributed by atoms with van der Waals surface area (Å²) in [5.41, 5.74) is 3.14. The molecule has 1 aromatic carbocycles. The van der Waals surface area contributed by atoms with Crippen LogP contribution in [0.2, 0.25) is 0 Å². The van der Waals surface area contributed by atoms with Gasteiger partial charge in [-0.15, -0.1) is 11.3 Å². The van der Waals surface area contributed by atoms with Gasteiger partial charge in [0.15, 0.2) is 4.21 Å². The van der Waals surface area contributed by atoms with E-state index in [1.54, 1.807) is 56.1 Å². The first kappa shape index (κ1) is 26.6. The molecule has 1 aliphatic heterocycles. The first-order valence-electron chi connectivity index (χ1n) is 13.3. The summed E-state index contributed by atoms with van der Waals surface area (Å²) >= 11 is 1.12. The van der Waals surface area contributed by atoms with Gasteiger partial charge in [0.1, 0.15) is 0 Å². The lowest BCUT2D eigenvalue weighted by Gasteiger charge is -2.37. The lowest BCUT2D eigenvalue weighted by Crippen LogP contribution is -2.43. The maximum absolute atomic E-state index is 13.5. The summed E-state index contributed by atoms with van der Waals surface area (Å²) in [6.07, 6.45) is 6.65. The monoisotopic (exact) mass is 578 g/mol. The average Bonchev–Trinajstić information content (AvgIpc) is 3.55. The fraction of sp³-hybridized carbons (Fsp3) is 0.393. The van der Waals surface area contributed by atoms with Gasteiger partial charge in [0.25, 0.3) is 15.6 Å². The number of carbonyl (C=O) groups excluding carboxylic acids is 1. The molecule has 1 N–H and O–H groups in total. The Bertz CT molecular complexity index is 1800. The van der Waals surface area contributed by atoms with Crippen molar-refractivity contribution in [3.63, 3.8) is 0 Å². The Morgan fingerprint density at radius 2 is 1.77 bits per heavy atom. The molecule has 12 heteroatoms. The molecule has 0 unspecified atom stereocenters. The number of sulfonamides is 1. The molecule has 6 rings (SSSR count). The van der Waals surface area contributed by atoms with E-state index in [2.05, 4.69) is 19.7 Å². The number of hydrogen-bond acceptors (Lipinski definition) is 8. The molecule has 4 heterocycles. The molecule has 1 saturated heterocycles. The van der Waals surface area contributed by atoms with Crippen molar-refractivity contribution in [1.82, 2.24) is 24.4 Å². The molecule has 4 aromatic rings. The molecule has 208 valence electrons. The SMILES string of the molecule is Cc1nc(C)c(S(=O)(=O)Nc2cc(-c3ccc4ncn([C@H]5C[C@@H](C(=O)N6CCCC6)C5)c(=O)c4c3)cnc2C)s1. The second-order valence-electron chi connectivity index (χ2n) is 10.6. The van der Waals surface area contributed by atoms with Gasteiger partial charge in [-0.05, 0) is 70.2 Å². The van der Waals surface area contributed by atoms with Crippen molar-refractivity contribution < 1.29 is 13.2 Å². The number of thiazole rings is 1. The summed E-state index contributed by atoms with van der Waals surface area (Å²) in [6, 6.07) is 7.07. The summed E-state index contributed by atoms with van der Waals surface area (Å²) in [6.45, 7) is 6.84. The minimum atomic E-state index is -3.84. The molecule has 2 aliphatic rings.